The van der Waals surface area contributed by atoms with Gasteiger partial charge in [0.15, 0.2) is 23.1 Å². The number of pyridine rings is 4. The number of nitrogens with zero attached hydrogens (tertiary/aromatic N) is 4. The van der Waals surface area contributed by atoms with Crippen molar-refractivity contribution < 1.29 is 36.7 Å². The van der Waals surface area contributed by atoms with Gasteiger partial charge >= 0.3 is 0 Å². The van der Waals surface area contributed by atoms with Gasteiger partial charge in [-0.05, 0) is 295 Å². The van der Waals surface area contributed by atoms with Crippen molar-refractivity contribution in [3.8, 4) is 0 Å². The number of allylic oxidation sites excluding steroid dienone is 24. The van der Waals surface area contributed by atoms with Gasteiger partial charge in [-0.15, -0.1) is 0 Å². The lowest BCUT2D eigenvalue weighted by molar-refractivity contribution is -0.117. The minimum absolute atomic E-state index is 0.0143. The largest absolute Gasteiger partial charge is 0.397 e. The Morgan fingerprint density at radius 3 is 1.00 bits per heavy atom. The van der Waals surface area contributed by atoms with Gasteiger partial charge in [0, 0.05) is 90.1 Å². The Kier molecular flexibility index (Phi) is 19.6. The Labute approximate surface area is 672 Å². The van der Waals surface area contributed by atoms with E-state index in [1.807, 2.05) is 36.6 Å². The number of nitrogens with two attached hydrogens (primary N) is 1. The standard InChI is InChI=1S/C26H29F2NO.2C25H28FNO.C25H30N2O/c1-15-10-19-21-5-4-20(16-11-17(24(27)28)14-29-13-16)25(21,2)9-7-22(19)26(3)8-6-18(30)12-23(15)26;1-15-12-18-20-6-5-19(16-4-7-23(26)27-14-16)24(20,2)11-9-21(18)25(3)10-8-17(28)13-22(15)25;2*1-15-10-19-21-5-4-20(16-11-17(26)14-27-13-16)24(21,2)9-7-22(19)25(3)8-6-18(28)12-23(15)25/h4-5,11-15,19,22,24H,6-10H2,1-3H3;4-7,13-15,18,21H,8-12H2,1-3H3;4-5,11-15,19,22H,6-10H2,1-3H3;4-5,11-15,19,22H,6-10,26H2,1-3H3/t15?,19-,22-,25+,26+;15?,18-,21-,24+,25+;2*15?,19-,22-,24+,25+/m0000/s1. The molecule has 114 heavy (non-hydrogen) atoms. The molecular formula is C101H115F4N5O4. The molecule has 0 spiro atoms. The summed E-state index contributed by atoms with van der Waals surface area (Å²) in [6, 6.07) is 8.61. The van der Waals surface area contributed by atoms with Gasteiger partial charge < -0.3 is 5.73 Å². The third-order valence-electron chi connectivity index (χ3n) is 33.7. The molecule has 13 heteroatoms. The van der Waals surface area contributed by atoms with E-state index in [0.717, 1.165) is 123 Å². The molecule has 0 saturated heterocycles. The van der Waals surface area contributed by atoms with Crippen LogP contribution in [0, 0.1) is 126 Å². The monoisotopic (exact) mass is 1540 g/mol. The number of hydrogen-bond acceptors (Lipinski definition) is 9. The number of carbonyl (C=O) groups excluding carboxylic acids is 4. The van der Waals surface area contributed by atoms with Crippen LogP contribution in [0.2, 0.25) is 0 Å². The summed E-state index contributed by atoms with van der Waals surface area (Å²) in [5.41, 5.74) is 27.9. The summed E-state index contributed by atoms with van der Waals surface area (Å²) in [5.74, 6) is 6.90. The third kappa shape index (κ3) is 12.5. The van der Waals surface area contributed by atoms with Crippen molar-refractivity contribution in [1.29, 1.82) is 0 Å². The molecule has 0 bridgehead atoms. The highest BCUT2D eigenvalue weighted by Gasteiger charge is 2.61. The number of nitrogen functional groups attached to an aromatic ring is 1. The van der Waals surface area contributed by atoms with E-state index in [2.05, 4.69) is 158 Å². The van der Waals surface area contributed by atoms with Crippen LogP contribution >= 0.6 is 0 Å². The Bertz CT molecular complexity index is 4960. The number of anilines is 1. The summed E-state index contributed by atoms with van der Waals surface area (Å²) in [7, 11) is 0. The highest BCUT2D eigenvalue weighted by Crippen LogP contribution is 2.72. The van der Waals surface area contributed by atoms with Crippen molar-refractivity contribution in [2.24, 2.45) is 114 Å². The van der Waals surface area contributed by atoms with Crippen LogP contribution in [-0.2, 0) is 19.2 Å². The summed E-state index contributed by atoms with van der Waals surface area (Å²) in [6.45, 7) is 28.2. The Hall–Kier alpha value is -8.32. The second kappa shape index (κ2) is 28.5. The molecule has 0 aromatic carbocycles. The maximum Gasteiger partial charge on any atom is 0.265 e. The maximum absolute atomic E-state index is 13.8. The topological polar surface area (TPSA) is 146 Å². The van der Waals surface area contributed by atoms with Crippen molar-refractivity contribution >= 4 is 51.1 Å². The lowest BCUT2D eigenvalue weighted by atomic mass is 9.46. The molecule has 16 aliphatic rings. The summed E-state index contributed by atoms with van der Waals surface area (Å²) in [6.07, 6.45) is 55.2. The van der Waals surface area contributed by atoms with Gasteiger partial charge in [-0.1, -0.05) is 176 Å². The third-order valence-corrected chi connectivity index (χ3v) is 33.7. The van der Waals surface area contributed by atoms with Gasteiger partial charge in [0.1, 0.15) is 5.82 Å². The van der Waals surface area contributed by atoms with Crippen LogP contribution in [0.3, 0.4) is 0 Å². The van der Waals surface area contributed by atoms with E-state index in [-0.39, 0.29) is 60.5 Å². The molecule has 20 rings (SSSR count). The molecule has 596 valence electrons. The molecule has 9 nitrogen and oxygen atoms in total. The molecule has 4 aromatic heterocycles. The zero-order valence-electron chi connectivity index (χ0n) is 69.0. The van der Waals surface area contributed by atoms with Gasteiger partial charge in [0.25, 0.3) is 6.43 Å². The molecule has 4 unspecified atom stereocenters. The van der Waals surface area contributed by atoms with Crippen molar-refractivity contribution in [3.05, 3.63) is 231 Å². The highest BCUT2D eigenvalue weighted by molar-refractivity contribution is 5.94. The minimum atomic E-state index is -2.51. The van der Waals surface area contributed by atoms with E-state index in [1.54, 1.807) is 48.1 Å². The molecule has 8 fully saturated rings. The molecule has 16 aliphatic carbocycles. The average molecular weight is 1540 g/mol. The number of ketones is 4. The normalized spacial score (nSPS) is 38.9. The molecule has 4 heterocycles. The summed E-state index contributed by atoms with van der Waals surface area (Å²) in [5, 5.41) is 0. The van der Waals surface area contributed by atoms with E-state index in [4.69, 9.17) is 5.73 Å². The molecule has 0 amide bonds. The number of rotatable bonds is 5. The van der Waals surface area contributed by atoms with Crippen LogP contribution in [0.5, 0.6) is 0 Å². The fourth-order valence-corrected chi connectivity index (χ4v) is 28.0. The Morgan fingerprint density at radius 2 is 0.684 bits per heavy atom. The van der Waals surface area contributed by atoms with Gasteiger partial charge in [-0.2, -0.15) is 4.39 Å². The fraction of sp³-hybridized carbons (Fsp3) is 0.525. The number of alkyl halides is 2. The average Bonchev–Trinajstić information content (AvgIpc) is 1.44. The molecule has 0 radical (unpaired) electrons. The van der Waals surface area contributed by atoms with Crippen LogP contribution < -0.4 is 5.73 Å². The first-order chi connectivity index (χ1) is 54.2. The SMILES string of the molecule is CC1C[C@H]2C3=CC=C(c4ccc(F)nc4)[C@@]3(C)CC[C@@H]2[C@@]2(C)CCC(=O)C=C12.CC1C[C@H]2C3=CC=C(c4cncc(C(F)F)c4)[C@@]3(C)CC[C@@H]2[C@@]2(C)CCC(=O)C=C12.CC1C[C@H]2C3=CC=C(c4cncc(F)c4)[C@@]3(C)CC[C@@H]2[C@@]2(C)CCC(=O)C=C12.CC1C[C@H]2C3=CC=C(c4cncc(N)c4)[C@@]3(C)CC[C@@H]2[C@@]2(C)CCC(=O)C=C12. The first-order valence-corrected chi connectivity index (χ1v) is 43.1. The number of hydrogen-bond donors (Lipinski definition) is 1. The lowest BCUT2D eigenvalue weighted by Crippen LogP contribution is -2.49. The Morgan fingerprint density at radius 1 is 0.368 bits per heavy atom. The highest BCUT2D eigenvalue weighted by atomic mass is 19.3. The summed E-state index contributed by atoms with van der Waals surface area (Å²) < 4.78 is 53.6. The van der Waals surface area contributed by atoms with Crippen molar-refractivity contribution in [2.45, 2.75) is 218 Å². The second-order valence-electron chi connectivity index (χ2n) is 39.7. The van der Waals surface area contributed by atoms with E-state index in [9.17, 15) is 36.7 Å². The zero-order valence-corrected chi connectivity index (χ0v) is 69.0. The van der Waals surface area contributed by atoms with Crippen LogP contribution in [0.1, 0.15) is 246 Å². The molecule has 20 atom stereocenters. The van der Waals surface area contributed by atoms with Crippen molar-refractivity contribution in [2.75, 3.05) is 5.73 Å². The van der Waals surface area contributed by atoms with Crippen LogP contribution in [0.15, 0.2) is 191 Å². The first kappa shape index (κ1) is 78.2. The maximum atomic E-state index is 13.8. The zero-order chi connectivity index (χ0) is 80.3. The lowest BCUT2D eigenvalue weighted by Gasteiger charge is -2.57. The second-order valence-corrected chi connectivity index (χ2v) is 39.7. The van der Waals surface area contributed by atoms with Crippen molar-refractivity contribution in [1.82, 2.24) is 19.9 Å². The predicted octanol–water partition coefficient (Wildman–Crippen LogP) is 23.9. The van der Waals surface area contributed by atoms with E-state index < -0.39 is 12.4 Å². The fourth-order valence-electron chi connectivity index (χ4n) is 28.0. The smallest absolute Gasteiger partial charge is 0.265 e. The number of aromatic nitrogens is 4. The molecule has 8 saturated carbocycles. The minimum Gasteiger partial charge on any atom is -0.397 e. The van der Waals surface area contributed by atoms with Crippen LogP contribution in [-0.4, -0.2) is 43.1 Å². The first-order valence-electron chi connectivity index (χ1n) is 43.1. The van der Waals surface area contributed by atoms with Gasteiger partial charge in [0.05, 0.1) is 11.9 Å². The van der Waals surface area contributed by atoms with Gasteiger partial charge in [0.2, 0.25) is 5.95 Å². The molecule has 4 aromatic rings. The predicted molar refractivity (Wildman–Crippen MR) is 445 cm³/mol. The molecule has 2 N–H and O–H groups in total. The molecular weight excluding hydrogens is 1420 g/mol. The van der Waals surface area contributed by atoms with Crippen LogP contribution in [0.4, 0.5) is 23.2 Å². The quantitative estimate of drug-likeness (QED) is 0.152. The van der Waals surface area contributed by atoms with Gasteiger partial charge in [-0.25, -0.2) is 18.2 Å². The van der Waals surface area contributed by atoms with E-state index in [1.165, 1.54) is 81.5 Å². The van der Waals surface area contributed by atoms with Crippen LogP contribution in [0.25, 0.3) is 22.3 Å². The van der Waals surface area contributed by atoms with E-state index >= 15 is 0 Å². The number of carbonyl (C=O) groups is 4. The number of halogens is 4. The summed E-state index contributed by atoms with van der Waals surface area (Å²) >= 11 is 0. The number of fused-ring (bicyclic) bond motifs is 20. The molecule has 0 aliphatic heterocycles. The van der Waals surface area contributed by atoms with E-state index in [0.29, 0.717) is 114 Å². The van der Waals surface area contributed by atoms with Crippen molar-refractivity contribution in [3.63, 3.8) is 0 Å². The summed E-state index contributed by atoms with van der Waals surface area (Å²) in [4.78, 5) is 64.8. The van der Waals surface area contributed by atoms with Gasteiger partial charge in [-0.3, -0.25) is 34.1 Å². The Balaban J connectivity index is 0.000000110.